The van der Waals surface area contributed by atoms with Crippen LogP contribution in [0.2, 0.25) is 0 Å². The predicted molar refractivity (Wildman–Crippen MR) is 37.0 cm³/mol. The summed E-state index contributed by atoms with van der Waals surface area (Å²) in [4.78, 5) is 0. The summed E-state index contributed by atoms with van der Waals surface area (Å²) in [5.41, 5.74) is 0. The molecule has 0 radical (unpaired) electrons. The van der Waals surface area contributed by atoms with Crippen LogP contribution in [-0.2, 0) is 14.1 Å². The molecule has 0 spiro atoms. The van der Waals surface area contributed by atoms with E-state index in [1.165, 1.54) is 0 Å². The van der Waals surface area contributed by atoms with Gasteiger partial charge in [-0.2, -0.15) is 0 Å². The molecule has 4 nitrogen and oxygen atoms in total. The topological polar surface area (TPSA) is 33.5 Å². The summed E-state index contributed by atoms with van der Waals surface area (Å²) in [5.74, 6) is 0.850. The van der Waals surface area contributed by atoms with Gasteiger partial charge in [0.15, 0.2) is 0 Å². The van der Waals surface area contributed by atoms with Crippen LogP contribution in [0.15, 0.2) is 22.6 Å². The van der Waals surface area contributed by atoms with Gasteiger partial charge in [-0.15, -0.1) is 5.11 Å². The molecule has 0 atom stereocenters. The van der Waals surface area contributed by atoms with E-state index in [0.717, 1.165) is 5.95 Å². The summed E-state index contributed by atoms with van der Waals surface area (Å²) < 4.78 is 3.82. The van der Waals surface area contributed by atoms with E-state index in [2.05, 4.69) is 10.2 Å². The molecule has 0 N–H and O–H groups in total. The van der Waals surface area contributed by atoms with Gasteiger partial charge in [0.1, 0.15) is 0 Å². The number of rotatable bonds is 1. The SMILES string of the molecule is C/N=N/c1n(C)cc[n+]1C. The summed E-state index contributed by atoms with van der Waals surface area (Å²) in [6.07, 6.45) is 3.87. The first kappa shape index (κ1) is 6.92. The molecule has 0 saturated carbocycles. The van der Waals surface area contributed by atoms with E-state index in [0.29, 0.717) is 0 Å². The molecule has 1 aromatic heterocycles. The minimum atomic E-state index is 0.850. The largest absolute Gasteiger partial charge is 0.420 e. The van der Waals surface area contributed by atoms with Crippen molar-refractivity contribution in [3.05, 3.63) is 12.4 Å². The van der Waals surface area contributed by atoms with E-state index in [1.807, 2.05) is 35.6 Å². The minimum Gasteiger partial charge on any atom is -0.233 e. The van der Waals surface area contributed by atoms with Gasteiger partial charge >= 0.3 is 5.95 Å². The summed E-state index contributed by atoms with van der Waals surface area (Å²) in [5, 5.41) is 7.60. The number of aromatic nitrogens is 2. The van der Waals surface area contributed by atoms with Gasteiger partial charge in [0.05, 0.1) is 33.5 Å². The lowest BCUT2D eigenvalue weighted by Gasteiger charge is -1.84. The quantitative estimate of drug-likeness (QED) is 0.402. The highest BCUT2D eigenvalue weighted by atomic mass is 15.3. The molecule has 0 unspecified atom stereocenters. The van der Waals surface area contributed by atoms with Crippen molar-refractivity contribution < 1.29 is 4.57 Å². The summed E-state index contributed by atoms with van der Waals surface area (Å²) >= 11 is 0. The summed E-state index contributed by atoms with van der Waals surface area (Å²) in [6, 6.07) is 0. The third kappa shape index (κ3) is 1.05. The van der Waals surface area contributed by atoms with Gasteiger partial charge in [-0.25, -0.2) is 9.13 Å². The van der Waals surface area contributed by atoms with Crippen molar-refractivity contribution in [2.75, 3.05) is 7.05 Å². The summed E-state index contributed by atoms with van der Waals surface area (Å²) in [6.45, 7) is 0. The average Bonchev–Trinajstić information content (AvgIpc) is 2.20. The number of azo groups is 1. The number of hydrogen-bond acceptors (Lipinski definition) is 2. The highest BCUT2D eigenvalue weighted by Crippen LogP contribution is 2.01. The minimum absolute atomic E-state index is 0.850. The van der Waals surface area contributed by atoms with Gasteiger partial charge in [0.2, 0.25) is 0 Å². The Balaban J connectivity index is 3.10. The van der Waals surface area contributed by atoms with Crippen LogP contribution >= 0.6 is 0 Å². The van der Waals surface area contributed by atoms with E-state index in [1.54, 1.807) is 7.05 Å². The zero-order valence-electron chi connectivity index (χ0n) is 6.44. The molecule has 1 rings (SSSR count). The Morgan fingerprint density at radius 1 is 1.60 bits per heavy atom. The zero-order chi connectivity index (χ0) is 7.56. The van der Waals surface area contributed by atoms with Gasteiger partial charge in [-0.3, -0.25) is 0 Å². The van der Waals surface area contributed by atoms with Gasteiger partial charge in [0.25, 0.3) is 0 Å². The second-order valence-electron chi connectivity index (χ2n) is 2.12. The lowest BCUT2D eigenvalue weighted by Crippen LogP contribution is -2.25. The van der Waals surface area contributed by atoms with Crippen molar-refractivity contribution in [1.29, 1.82) is 0 Å². The first-order valence-corrected chi connectivity index (χ1v) is 3.06. The van der Waals surface area contributed by atoms with Crippen molar-refractivity contribution in [3.8, 4) is 0 Å². The second kappa shape index (κ2) is 2.60. The first-order valence-electron chi connectivity index (χ1n) is 3.06. The van der Waals surface area contributed by atoms with Crippen LogP contribution in [-0.4, -0.2) is 11.6 Å². The van der Waals surface area contributed by atoms with Crippen LogP contribution in [0, 0.1) is 0 Å². The standard InChI is InChI=1S/C6H11N4/c1-7-8-6-9(2)4-5-10(6)3/h4-5H,1-3H3/q+1. The first-order chi connectivity index (χ1) is 4.75. The molecule has 0 aliphatic rings. The molecule has 10 heavy (non-hydrogen) atoms. The Morgan fingerprint density at radius 2 is 2.30 bits per heavy atom. The molecule has 0 bridgehead atoms. The third-order valence-electron chi connectivity index (χ3n) is 1.33. The van der Waals surface area contributed by atoms with Crippen LogP contribution in [0.3, 0.4) is 0 Å². The van der Waals surface area contributed by atoms with Crippen molar-refractivity contribution in [3.63, 3.8) is 0 Å². The van der Waals surface area contributed by atoms with E-state index in [4.69, 9.17) is 0 Å². The van der Waals surface area contributed by atoms with Crippen molar-refractivity contribution in [2.24, 2.45) is 24.3 Å². The average molecular weight is 139 g/mol. The van der Waals surface area contributed by atoms with Crippen LogP contribution < -0.4 is 4.57 Å². The van der Waals surface area contributed by atoms with E-state index in [-0.39, 0.29) is 0 Å². The highest BCUT2D eigenvalue weighted by molar-refractivity contribution is 5.04. The Labute approximate surface area is 59.8 Å². The maximum Gasteiger partial charge on any atom is 0.420 e. The van der Waals surface area contributed by atoms with Crippen LogP contribution in [0.5, 0.6) is 0 Å². The molecule has 1 aromatic rings. The molecule has 0 amide bonds. The number of aryl methyl sites for hydroxylation is 2. The van der Waals surface area contributed by atoms with Crippen molar-refractivity contribution >= 4 is 5.95 Å². The molecular formula is C6H11N4+. The maximum atomic E-state index is 3.92. The zero-order valence-corrected chi connectivity index (χ0v) is 6.44. The molecule has 0 saturated heterocycles. The molecule has 0 aliphatic heterocycles. The number of nitrogens with zero attached hydrogens (tertiary/aromatic N) is 4. The maximum absolute atomic E-state index is 3.92. The smallest absolute Gasteiger partial charge is 0.233 e. The highest BCUT2D eigenvalue weighted by Gasteiger charge is 2.08. The Kier molecular flexibility index (Phi) is 1.80. The molecule has 54 valence electrons. The van der Waals surface area contributed by atoms with Gasteiger partial charge < -0.3 is 0 Å². The Hall–Kier alpha value is -1.19. The Morgan fingerprint density at radius 3 is 2.70 bits per heavy atom. The molecule has 0 fully saturated rings. The normalized spacial score (nSPS) is 11.1. The lowest BCUT2D eigenvalue weighted by atomic mass is 10.9. The van der Waals surface area contributed by atoms with Gasteiger partial charge in [-0.1, -0.05) is 0 Å². The van der Waals surface area contributed by atoms with Crippen molar-refractivity contribution in [1.82, 2.24) is 4.57 Å². The molecule has 4 heteroatoms. The molecular weight excluding hydrogens is 128 g/mol. The fourth-order valence-electron chi connectivity index (χ4n) is 0.813. The monoisotopic (exact) mass is 139 g/mol. The number of hydrogen-bond donors (Lipinski definition) is 0. The fourth-order valence-corrected chi connectivity index (χ4v) is 0.813. The van der Waals surface area contributed by atoms with Crippen LogP contribution in [0.25, 0.3) is 0 Å². The predicted octanol–water partition coefficient (Wildman–Crippen LogP) is 0.563. The van der Waals surface area contributed by atoms with Crippen LogP contribution in [0.4, 0.5) is 5.95 Å². The van der Waals surface area contributed by atoms with Gasteiger partial charge in [-0.05, 0) is 0 Å². The van der Waals surface area contributed by atoms with Crippen molar-refractivity contribution in [2.45, 2.75) is 0 Å². The van der Waals surface area contributed by atoms with E-state index < -0.39 is 0 Å². The second-order valence-corrected chi connectivity index (χ2v) is 2.12. The van der Waals surface area contributed by atoms with Crippen LogP contribution in [0.1, 0.15) is 0 Å². The van der Waals surface area contributed by atoms with Gasteiger partial charge in [0, 0.05) is 5.11 Å². The Bertz CT molecular complexity index is 229. The van der Waals surface area contributed by atoms with E-state index >= 15 is 0 Å². The fraction of sp³-hybridized carbons (Fsp3) is 0.500. The lowest BCUT2D eigenvalue weighted by molar-refractivity contribution is -0.657. The third-order valence-corrected chi connectivity index (χ3v) is 1.33. The van der Waals surface area contributed by atoms with E-state index in [9.17, 15) is 0 Å². The summed E-state index contributed by atoms with van der Waals surface area (Å²) in [7, 11) is 5.53. The number of imidazole rings is 1. The molecule has 0 aromatic carbocycles. The molecule has 1 heterocycles. The molecule has 0 aliphatic carbocycles.